The fraction of sp³-hybridized carbons (Fsp3) is 0.424. The Morgan fingerprint density at radius 3 is 2.43 bits per heavy atom. The number of aromatic nitrogens is 3. The molecule has 1 aliphatic heterocycles. The predicted molar refractivity (Wildman–Crippen MR) is 176 cm³/mol. The molecule has 5 rings (SSSR count). The molecule has 1 amide bonds. The lowest BCUT2D eigenvalue weighted by molar-refractivity contribution is -0.123. The van der Waals surface area contributed by atoms with Crippen molar-refractivity contribution >= 4 is 34.4 Å². The number of halogens is 1. The molecule has 4 aromatic rings. The third kappa shape index (κ3) is 7.80. The van der Waals surface area contributed by atoms with E-state index in [1.807, 2.05) is 50.5 Å². The zero-order chi connectivity index (χ0) is 31.3. The number of aromatic amines is 1. The molecule has 0 bridgehead atoms. The molecule has 10 nitrogen and oxygen atoms in total. The Kier molecular flexibility index (Phi) is 9.93. The van der Waals surface area contributed by atoms with Crippen LogP contribution in [0.2, 0.25) is 5.02 Å². The Bertz CT molecular complexity index is 1550. The van der Waals surface area contributed by atoms with Gasteiger partial charge in [-0.05, 0) is 82.7 Å². The van der Waals surface area contributed by atoms with Gasteiger partial charge in [0, 0.05) is 43.3 Å². The molecule has 0 aliphatic carbocycles. The van der Waals surface area contributed by atoms with Crippen LogP contribution in [0.4, 0.5) is 5.69 Å². The first-order valence-corrected chi connectivity index (χ1v) is 15.3. The number of pyridine rings is 1. The highest BCUT2D eigenvalue weighted by molar-refractivity contribution is 6.34. The maximum Gasteiger partial charge on any atom is 0.258 e. The number of likely N-dealkylation sites (N-methyl/N-ethyl adjacent to an activating group) is 1. The number of piperidine rings is 1. The highest BCUT2D eigenvalue weighted by atomic mass is 35.5. The zero-order valence-electron chi connectivity index (χ0n) is 26.1. The van der Waals surface area contributed by atoms with E-state index in [1.54, 1.807) is 13.3 Å². The van der Waals surface area contributed by atoms with Gasteiger partial charge in [-0.3, -0.25) is 9.69 Å². The Hall–Kier alpha value is -3.86. The SMILES string of the molecule is COc1ccc(CN2CCC(Nc3c(Cl)cnc4nc(-c5ccc(OCC(=O)NCC(C)(C)N(C)C)cc5)[nH]c34)CC2)cc1. The van der Waals surface area contributed by atoms with Crippen LogP contribution in [-0.4, -0.2) is 89.7 Å². The number of nitrogens with one attached hydrogen (secondary N) is 3. The molecule has 1 saturated heterocycles. The van der Waals surface area contributed by atoms with Crippen LogP contribution < -0.4 is 20.1 Å². The first kappa shape index (κ1) is 31.6. The molecule has 0 spiro atoms. The number of H-pyrrole nitrogens is 1. The number of carbonyl (C=O) groups excluding carboxylic acids is 1. The normalized spacial score (nSPS) is 14.6. The smallest absolute Gasteiger partial charge is 0.258 e. The first-order chi connectivity index (χ1) is 21.1. The van der Waals surface area contributed by atoms with Crippen molar-refractivity contribution in [1.82, 2.24) is 30.1 Å². The van der Waals surface area contributed by atoms with Crippen molar-refractivity contribution in [2.24, 2.45) is 0 Å². The van der Waals surface area contributed by atoms with E-state index in [4.69, 9.17) is 26.1 Å². The zero-order valence-corrected chi connectivity index (χ0v) is 26.9. The lowest BCUT2D eigenvalue weighted by Gasteiger charge is -2.33. The van der Waals surface area contributed by atoms with Crippen molar-refractivity contribution in [2.75, 3.05) is 52.8 Å². The minimum Gasteiger partial charge on any atom is -0.497 e. The average Bonchev–Trinajstić information content (AvgIpc) is 3.46. The lowest BCUT2D eigenvalue weighted by Crippen LogP contribution is -2.48. The number of amides is 1. The average molecular weight is 620 g/mol. The molecule has 11 heteroatoms. The minimum atomic E-state index is -0.160. The number of anilines is 1. The van der Waals surface area contributed by atoms with Gasteiger partial charge in [-0.25, -0.2) is 9.97 Å². The van der Waals surface area contributed by atoms with E-state index in [1.165, 1.54) is 5.56 Å². The summed E-state index contributed by atoms with van der Waals surface area (Å²) in [6, 6.07) is 16.0. The summed E-state index contributed by atoms with van der Waals surface area (Å²) in [5.74, 6) is 2.00. The number of likely N-dealkylation sites (tertiary alicyclic amines) is 1. The van der Waals surface area contributed by atoms with E-state index in [2.05, 4.69) is 56.4 Å². The van der Waals surface area contributed by atoms with Crippen molar-refractivity contribution in [2.45, 2.75) is 44.8 Å². The molecule has 234 valence electrons. The lowest BCUT2D eigenvalue weighted by atomic mass is 10.0. The number of hydrogen-bond donors (Lipinski definition) is 3. The minimum absolute atomic E-state index is 0.0502. The summed E-state index contributed by atoms with van der Waals surface area (Å²) in [7, 11) is 5.67. The monoisotopic (exact) mass is 619 g/mol. The molecule has 0 saturated carbocycles. The molecular formula is C33H42ClN7O3. The van der Waals surface area contributed by atoms with Gasteiger partial charge in [0.2, 0.25) is 0 Å². The molecule has 3 heterocycles. The number of hydrogen-bond acceptors (Lipinski definition) is 8. The van der Waals surface area contributed by atoms with Crippen LogP contribution in [0.25, 0.3) is 22.6 Å². The molecule has 1 fully saturated rings. The topological polar surface area (TPSA) is 108 Å². The van der Waals surface area contributed by atoms with Crippen molar-refractivity contribution in [3.8, 4) is 22.9 Å². The third-order valence-electron chi connectivity index (χ3n) is 8.40. The van der Waals surface area contributed by atoms with Crippen LogP contribution in [0.15, 0.2) is 54.7 Å². The Balaban J connectivity index is 1.17. The number of ether oxygens (including phenoxy) is 2. The molecule has 2 aromatic heterocycles. The van der Waals surface area contributed by atoms with Crippen LogP contribution in [0, 0.1) is 0 Å². The Morgan fingerprint density at radius 1 is 1.09 bits per heavy atom. The second kappa shape index (κ2) is 13.8. The quantitative estimate of drug-likeness (QED) is 0.199. The number of rotatable bonds is 12. The summed E-state index contributed by atoms with van der Waals surface area (Å²) < 4.78 is 11.0. The second-order valence-electron chi connectivity index (χ2n) is 12.1. The number of nitrogens with zero attached hydrogens (tertiary/aromatic N) is 4. The van der Waals surface area contributed by atoms with E-state index in [0.717, 1.165) is 55.0 Å². The van der Waals surface area contributed by atoms with Crippen molar-refractivity contribution in [3.05, 3.63) is 65.3 Å². The van der Waals surface area contributed by atoms with Crippen molar-refractivity contribution in [3.63, 3.8) is 0 Å². The highest BCUT2D eigenvalue weighted by Gasteiger charge is 2.23. The molecule has 0 radical (unpaired) electrons. The first-order valence-electron chi connectivity index (χ1n) is 14.9. The van der Waals surface area contributed by atoms with Gasteiger partial charge in [0.05, 0.1) is 24.0 Å². The summed E-state index contributed by atoms with van der Waals surface area (Å²) in [6.45, 7) is 7.54. The molecule has 44 heavy (non-hydrogen) atoms. The van der Waals surface area contributed by atoms with Crippen LogP contribution in [0.5, 0.6) is 11.5 Å². The van der Waals surface area contributed by atoms with E-state index in [0.29, 0.717) is 34.8 Å². The van der Waals surface area contributed by atoms with Gasteiger partial charge in [0.25, 0.3) is 5.91 Å². The number of carbonyl (C=O) groups is 1. The van der Waals surface area contributed by atoms with Gasteiger partial charge in [0.15, 0.2) is 12.3 Å². The van der Waals surface area contributed by atoms with Crippen LogP contribution in [-0.2, 0) is 11.3 Å². The van der Waals surface area contributed by atoms with Gasteiger partial charge in [-0.15, -0.1) is 0 Å². The van der Waals surface area contributed by atoms with Crippen molar-refractivity contribution in [1.29, 1.82) is 0 Å². The molecule has 0 unspecified atom stereocenters. The van der Waals surface area contributed by atoms with Gasteiger partial charge in [-0.2, -0.15) is 0 Å². The van der Waals surface area contributed by atoms with Crippen LogP contribution in [0.3, 0.4) is 0 Å². The molecule has 0 atom stereocenters. The molecule has 2 aromatic carbocycles. The fourth-order valence-electron chi connectivity index (χ4n) is 5.02. The van der Waals surface area contributed by atoms with Gasteiger partial charge < -0.3 is 30.0 Å². The van der Waals surface area contributed by atoms with Gasteiger partial charge in [0.1, 0.15) is 22.8 Å². The summed E-state index contributed by atoms with van der Waals surface area (Å²) in [5.41, 5.74) is 4.22. The summed E-state index contributed by atoms with van der Waals surface area (Å²) in [6.07, 6.45) is 3.66. The maximum absolute atomic E-state index is 12.3. The van der Waals surface area contributed by atoms with E-state index >= 15 is 0 Å². The Labute approximate surface area is 264 Å². The van der Waals surface area contributed by atoms with E-state index < -0.39 is 0 Å². The molecule has 3 N–H and O–H groups in total. The number of methoxy groups -OCH3 is 1. The van der Waals surface area contributed by atoms with Crippen LogP contribution >= 0.6 is 11.6 Å². The van der Waals surface area contributed by atoms with Gasteiger partial charge in [-0.1, -0.05) is 23.7 Å². The van der Waals surface area contributed by atoms with E-state index in [-0.39, 0.29) is 18.1 Å². The predicted octanol–water partition coefficient (Wildman–Crippen LogP) is 5.20. The third-order valence-corrected chi connectivity index (χ3v) is 8.69. The highest BCUT2D eigenvalue weighted by Crippen LogP contribution is 2.32. The van der Waals surface area contributed by atoms with Gasteiger partial charge >= 0.3 is 0 Å². The van der Waals surface area contributed by atoms with E-state index in [9.17, 15) is 4.79 Å². The number of benzene rings is 2. The van der Waals surface area contributed by atoms with Crippen molar-refractivity contribution < 1.29 is 14.3 Å². The number of fused-ring (bicyclic) bond motifs is 1. The molecular weight excluding hydrogens is 578 g/mol. The largest absolute Gasteiger partial charge is 0.497 e. The maximum atomic E-state index is 12.3. The summed E-state index contributed by atoms with van der Waals surface area (Å²) in [4.78, 5) is 29.4. The Morgan fingerprint density at radius 2 is 1.77 bits per heavy atom. The summed E-state index contributed by atoms with van der Waals surface area (Å²) >= 11 is 6.64. The van der Waals surface area contributed by atoms with Crippen LogP contribution in [0.1, 0.15) is 32.3 Å². The fourth-order valence-corrected chi connectivity index (χ4v) is 5.22. The number of imidazole rings is 1. The molecule has 1 aliphatic rings. The second-order valence-corrected chi connectivity index (χ2v) is 12.5. The summed E-state index contributed by atoms with van der Waals surface area (Å²) in [5, 5.41) is 7.16. The standard InChI is InChI=1S/C33H42ClN7O3/c1-33(2,40(3)4)21-36-28(42)20-44-26-12-8-23(9-13-26)31-38-30-29(27(34)18-35-32(30)39-31)37-24-14-16-41(17-15-24)19-22-6-10-25(43-5)11-7-22/h6-13,18,24H,14-17,19-21H2,1-5H3,(H,36,42)(H2,35,37,38,39).